The van der Waals surface area contributed by atoms with Gasteiger partial charge in [-0.15, -0.1) is 0 Å². The highest BCUT2D eigenvalue weighted by Crippen LogP contribution is 2.40. The number of aliphatic hydroxyl groups is 1. The second kappa shape index (κ2) is 3.56. The maximum atomic E-state index is 13.0. The van der Waals surface area contributed by atoms with Gasteiger partial charge in [-0.1, -0.05) is 12.8 Å². The van der Waals surface area contributed by atoms with Crippen molar-refractivity contribution in [1.29, 1.82) is 0 Å². The molecule has 1 N–H and O–H groups in total. The monoisotopic (exact) mass is 212 g/mol. The largest absolute Gasteiger partial charge is 0.385 e. The molecule has 0 saturated heterocycles. The summed E-state index contributed by atoms with van der Waals surface area (Å²) in [5.41, 5.74) is -0.795. The molecule has 2 rings (SSSR count). The third kappa shape index (κ3) is 2.53. The van der Waals surface area contributed by atoms with E-state index in [1.807, 2.05) is 0 Å². The summed E-state index contributed by atoms with van der Waals surface area (Å²) in [6, 6.07) is 3.22. The summed E-state index contributed by atoms with van der Waals surface area (Å²) in [7, 11) is 0. The van der Waals surface area contributed by atoms with Crippen molar-refractivity contribution < 1.29 is 13.9 Å². The molecule has 1 nitrogen and oxygen atoms in total. The van der Waals surface area contributed by atoms with Gasteiger partial charge in [-0.25, -0.2) is 8.78 Å². The Morgan fingerprint density at radius 1 is 1.27 bits per heavy atom. The molecule has 1 aromatic carbocycles. The summed E-state index contributed by atoms with van der Waals surface area (Å²) in [5, 5.41) is 10.1. The molecule has 0 spiro atoms. The third-order valence-electron chi connectivity index (χ3n) is 2.87. The Balaban J connectivity index is 2.25. The quantitative estimate of drug-likeness (QED) is 0.816. The average Bonchev–Trinajstić information content (AvgIpc) is 2.85. The van der Waals surface area contributed by atoms with Crippen LogP contribution in [-0.2, 0) is 5.60 Å². The van der Waals surface area contributed by atoms with Gasteiger partial charge < -0.3 is 5.11 Å². The standard InChI is InChI=1S/C12H14F2O/c1-12(15,7-8-2-3-8)9-4-10(13)6-11(14)5-9/h4-6,8,15H,2-3,7H2,1H3. The number of benzene rings is 1. The van der Waals surface area contributed by atoms with Crippen LogP contribution >= 0.6 is 0 Å². The Morgan fingerprint density at radius 3 is 2.27 bits per heavy atom. The van der Waals surface area contributed by atoms with Gasteiger partial charge in [0, 0.05) is 6.07 Å². The highest BCUT2D eigenvalue weighted by atomic mass is 19.1. The van der Waals surface area contributed by atoms with Gasteiger partial charge in [-0.2, -0.15) is 0 Å². The molecule has 1 aliphatic rings. The van der Waals surface area contributed by atoms with E-state index in [0.717, 1.165) is 18.9 Å². The zero-order valence-electron chi connectivity index (χ0n) is 8.63. The molecule has 0 aliphatic heterocycles. The van der Waals surface area contributed by atoms with Crippen LogP contribution < -0.4 is 0 Å². The molecule has 15 heavy (non-hydrogen) atoms. The van der Waals surface area contributed by atoms with Gasteiger partial charge in [0.05, 0.1) is 5.60 Å². The van der Waals surface area contributed by atoms with E-state index in [9.17, 15) is 13.9 Å². The molecule has 0 heterocycles. The van der Waals surface area contributed by atoms with Crippen LogP contribution in [0.25, 0.3) is 0 Å². The molecule has 1 aromatic rings. The summed E-state index contributed by atoms with van der Waals surface area (Å²) < 4.78 is 25.9. The SMILES string of the molecule is CC(O)(CC1CC1)c1cc(F)cc(F)c1. The van der Waals surface area contributed by atoms with Crippen LogP contribution in [0.1, 0.15) is 31.7 Å². The molecule has 1 aliphatic carbocycles. The van der Waals surface area contributed by atoms with Crippen molar-refractivity contribution in [2.24, 2.45) is 5.92 Å². The van der Waals surface area contributed by atoms with Crippen LogP contribution in [0.2, 0.25) is 0 Å². The van der Waals surface area contributed by atoms with Crippen LogP contribution in [0.15, 0.2) is 18.2 Å². The summed E-state index contributed by atoms with van der Waals surface area (Å²) in [6.07, 6.45) is 2.79. The molecule has 0 bridgehead atoms. The molecule has 0 aromatic heterocycles. The minimum Gasteiger partial charge on any atom is -0.385 e. The fourth-order valence-electron chi connectivity index (χ4n) is 1.87. The summed E-state index contributed by atoms with van der Waals surface area (Å²) in [5.74, 6) is -0.770. The van der Waals surface area contributed by atoms with Crippen molar-refractivity contribution in [3.63, 3.8) is 0 Å². The number of hydrogen-bond acceptors (Lipinski definition) is 1. The number of hydrogen-bond donors (Lipinski definition) is 1. The van der Waals surface area contributed by atoms with Gasteiger partial charge in [0.2, 0.25) is 0 Å². The molecule has 1 saturated carbocycles. The first-order chi connectivity index (χ1) is 6.97. The Hall–Kier alpha value is -0.960. The topological polar surface area (TPSA) is 20.2 Å². The molecule has 0 amide bonds. The van der Waals surface area contributed by atoms with Gasteiger partial charge >= 0.3 is 0 Å². The van der Waals surface area contributed by atoms with Gasteiger partial charge in [-0.3, -0.25) is 0 Å². The van der Waals surface area contributed by atoms with E-state index in [0.29, 0.717) is 17.9 Å². The first-order valence-electron chi connectivity index (χ1n) is 5.16. The van der Waals surface area contributed by atoms with Crippen LogP contribution in [0.4, 0.5) is 8.78 Å². The first kappa shape index (κ1) is 10.6. The van der Waals surface area contributed by atoms with E-state index in [2.05, 4.69) is 0 Å². The summed E-state index contributed by atoms with van der Waals surface area (Å²) >= 11 is 0. The maximum Gasteiger partial charge on any atom is 0.126 e. The Kier molecular flexibility index (Phi) is 2.51. The highest BCUT2D eigenvalue weighted by molar-refractivity contribution is 5.24. The number of rotatable bonds is 3. The van der Waals surface area contributed by atoms with Crippen LogP contribution in [0.5, 0.6) is 0 Å². The van der Waals surface area contributed by atoms with Crippen molar-refractivity contribution in [3.05, 3.63) is 35.4 Å². The van der Waals surface area contributed by atoms with E-state index in [4.69, 9.17) is 0 Å². The molecule has 1 unspecified atom stereocenters. The molecule has 0 radical (unpaired) electrons. The Labute approximate surface area is 87.7 Å². The zero-order valence-corrected chi connectivity index (χ0v) is 8.63. The highest BCUT2D eigenvalue weighted by Gasteiger charge is 2.33. The molecule has 3 heteroatoms. The number of halogens is 2. The van der Waals surface area contributed by atoms with E-state index in [1.165, 1.54) is 12.1 Å². The van der Waals surface area contributed by atoms with Crippen molar-refractivity contribution >= 4 is 0 Å². The molecule has 1 atom stereocenters. The molecular formula is C12H14F2O. The predicted octanol–water partition coefficient (Wildman–Crippen LogP) is 2.97. The predicted molar refractivity (Wildman–Crippen MR) is 53.3 cm³/mol. The van der Waals surface area contributed by atoms with Crippen LogP contribution in [-0.4, -0.2) is 5.11 Å². The normalized spacial score (nSPS) is 20.0. The van der Waals surface area contributed by atoms with E-state index in [-0.39, 0.29) is 0 Å². The third-order valence-corrected chi connectivity index (χ3v) is 2.87. The average molecular weight is 212 g/mol. The minimum absolute atomic E-state index is 0.326. The zero-order chi connectivity index (χ0) is 11.1. The first-order valence-corrected chi connectivity index (χ1v) is 5.16. The second-order valence-corrected chi connectivity index (χ2v) is 4.58. The fraction of sp³-hybridized carbons (Fsp3) is 0.500. The fourth-order valence-corrected chi connectivity index (χ4v) is 1.87. The lowest BCUT2D eigenvalue weighted by Gasteiger charge is -2.23. The van der Waals surface area contributed by atoms with E-state index < -0.39 is 17.2 Å². The lowest BCUT2D eigenvalue weighted by molar-refractivity contribution is 0.0411. The van der Waals surface area contributed by atoms with Gasteiger partial charge in [0.15, 0.2) is 0 Å². The van der Waals surface area contributed by atoms with Gasteiger partial charge in [-0.05, 0) is 37.0 Å². The summed E-state index contributed by atoms with van der Waals surface area (Å²) in [6.45, 7) is 1.61. The van der Waals surface area contributed by atoms with Crippen LogP contribution in [0.3, 0.4) is 0 Å². The van der Waals surface area contributed by atoms with E-state index >= 15 is 0 Å². The van der Waals surface area contributed by atoms with Gasteiger partial charge in [0.1, 0.15) is 11.6 Å². The Bertz CT molecular complexity index is 350. The summed E-state index contributed by atoms with van der Waals surface area (Å²) in [4.78, 5) is 0. The van der Waals surface area contributed by atoms with E-state index in [1.54, 1.807) is 6.92 Å². The smallest absolute Gasteiger partial charge is 0.126 e. The van der Waals surface area contributed by atoms with Crippen molar-refractivity contribution in [3.8, 4) is 0 Å². The molecule has 1 fully saturated rings. The van der Waals surface area contributed by atoms with Gasteiger partial charge in [0.25, 0.3) is 0 Å². The van der Waals surface area contributed by atoms with Crippen molar-refractivity contribution in [2.75, 3.05) is 0 Å². The van der Waals surface area contributed by atoms with Crippen LogP contribution in [0, 0.1) is 17.6 Å². The Morgan fingerprint density at radius 2 is 1.80 bits per heavy atom. The lowest BCUT2D eigenvalue weighted by Crippen LogP contribution is -2.22. The second-order valence-electron chi connectivity index (χ2n) is 4.58. The molecule has 82 valence electrons. The van der Waals surface area contributed by atoms with Crippen molar-refractivity contribution in [1.82, 2.24) is 0 Å². The minimum atomic E-state index is -1.12. The molecular weight excluding hydrogens is 198 g/mol. The van der Waals surface area contributed by atoms with Crippen molar-refractivity contribution in [2.45, 2.75) is 31.8 Å². The maximum absolute atomic E-state index is 13.0. The lowest BCUT2D eigenvalue weighted by atomic mass is 9.90.